The summed E-state index contributed by atoms with van der Waals surface area (Å²) in [7, 11) is 1.37. The molecule has 0 saturated carbocycles. The van der Waals surface area contributed by atoms with Crippen molar-refractivity contribution in [2.45, 2.75) is 33.2 Å². The summed E-state index contributed by atoms with van der Waals surface area (Å²) in [6, 6.07) is 7.90. The second-order valence-electron chi connectivity index (χ2n) is 9.32. The smallest absolute Gasteiger partial charge is 0.352 e. The summed E-state index contributed by atoms with van der Waals surface area (Å²) in [5.41, 5.74) is 1.02. The van der Waals surface area contributed by atoms with Gasteiger partial charge in [-0.2, -0.15) is 4.68 Å². The maximum Gasteiger partial charge on any atom is 0.352 e. The van der Waals surface area contributed by atoms with E-state index in [0.29, 0.717) is 17.8 Å². The van der Waals surface area contributed by atoms with Crippen molar-refractivity contribution in [1.29, 1.82) is 0 Å². The maximum absolute atomic E-state index is 14.0. The molecule has 1 aliphatic rings. The van der Waals surface area contributed by atoms with Crippen molar-refractivity contribution in [3.63, 3.8) is 0 Å². The fraction of sp³-hybridized carbons (Fsp3) is 0.462. The van der Waals surface area contributed by atoms with Crippen LogP contribution in [-0.2, 0) is 22.5 Å². The average Bonchev–Trinajstić information content (AvgIpc) is 3.19. The van der Waals surface area contributed by atoms with Crippen molar-refractivity contribution in [2.24, 2.45) is 5.92 Å². The van der Waals surface area contributed by atoms with Crippen LogP contribution in [-0.4, -0.2) is 70.0 Å². The first-order valence-electron chi connectivity index (χ1n) is 12.2. The van der Waals surface area contributed by atoms with Crippen molar-refractivity contribution in [3.05, 3.63) is 58.4 Å². The lowest BCUT2D eigenvalue weighted by Gasteiger charge is -2.26. The highest BCUT2D eigenvalue weighted by Gasteiger charge is 2.21. The fourth-order valence-electron chi connectivity index (χ4n) is 4.20. The Hall–Kier alpha value is -3.37. The molecule has 36 heavy (non-hydrogen) atoms. The van der Waals surface area contributed by atoms with Gasteiger partial charge >= 0.3 is 5.69 Å². The van der Waals surface area contributed by atoms with Crippen LogP contribution < -0.4 is 10.4 Å². The van der Waals surface area contributed by atoms with Crippen molar-refractivity contribution in [2.75, 3.05) is 40.0 Å². The van der Waals surface area contributed by atoms with Crippen LogP contribution in [0.15, 0.2) is 41.3 Å². The van der Waals surface area contributed by atoms with Gasteiger partial charge in [0.15, 0.2) is 29.0 Å². The summed E-state index contributed by atoms with van der Waals surface area (Å²) in [6.07, 6.45) is 2.91. The molecule has 0 spiro atoms. The minimum Gasteiger partial charge on any atom is -0.494 e. The van der Waals surface area contributed by atoms with Crippen LogP contribution in [0, 0.1) is 11.7 Å². The van der Waals surface area contributed by atoms with Crippen LogP contribution >= 0.6 is 0 Å². The van der Waals surface area contributed by atoms with E-state index in [9.17, 15) is 14.0 Å². The van der Waals surface area contributed by atoms with Gasteiger partial charge in [0.2, 0.25) is 0 Å². The van der Waals surface area contributed by atoms with Crippen molar-refractivity contribution in [3.8, 4) is 23.0 Å². The summed E-state index contributed by atoms with van der Waals surface area (Å²) < 4.78 is 27.0. The van der Waals surface area contributed by atoms with Gasteiger partial charge < -0.3 is 9.47 Å². The van der Waals surface area contributed by atoms with E-state index in [0.717, 1.165) is 44.8 Å². The Morgan fingerprint density at radius 3 is 2.64 bits per heavy atom. The number of hydrogen-bond donors (Lipinski definition) is 0. The second-order valence-corrected chi connectivity index (χ2v) is 9.32. The van der Waals surface area contributed by atoms with E-state index in [1.165, 1.54) is 34.6 Å². The van der Waals surface area contributed by atoms with E-state index < -0.39 is 11.5 Å². The molecule has 0 radical (unpaired) electrons. The molecule has 0 amide bonds. The van der Waals surface area contributed by atoms with Crippen LogP contribution in [0.1, 0.15) is 25.8 Å². The van der Waals surface area contributed by atoms with Gasteiger partial charge in [-0.05, 0) is 42.2 Å². The Labute approximate surface area is 209 Å². The van der Waals surface area contributed by atoms with E-state index in [1.54, 1.807) is 12.3 Å². The molecule has 9 nitrogen and oxygen atoms in total. The molecular weight excluding hydrogens is 465 g/mol. The predicted molar refractivity (Wildman–Crippen MR) is 133 cm³/mol. The van der Waals surface area contributed by atoms with E-state index in [2.05, 4.69) is 15.0 Å². The summed E-state index contributed by atoms with van der Waals surface area (Å²) in [5, 5.41) is 4.49. The number of carbonyl (C=O) groups excluding carboxylic acids is 1. The molecule has 2 aromatic heterocycles. The number of carbonyl (C=O) groups is 1. The topological polar surface area (TPSA) is 91.5 Å². The van der Waals surface area contributed by atoms with Crippen LogP contribution in [0.3, 0.4) is 0 Å². The van der Waals surface area contributed by atoms with Gasteiger partial charge in [0, 0.05) is 37.8 Å². The van der Waals surface area contributed by atoms with Crippen molar-refractivity contribution >= 4 is 5.78 Å². The molecule has 0 atom stereocenters. The van der Waals surface area contributed by atoms with Crippen molar-refractivity contribution in [1.82, 2.24) is 24.2 Å². The number of nitrogens with zero attached hydrogens (tertiary/aromatic N) is 5. The predicted octanol–water partition coefficient (Wildman–Crippen LogP) is 2.73. The quantitative estimate of drug-likeness (QED) is 0.425. The SMILES string of the molecule is COc1cc(-c2nn(-c3ccc(CCN4CCOCC4)cn3)c(=O)n2CC(=O)CC(C)C)ccc1F. The molecule has 3 aromatic rings. The Kier molecular flexibility index (Phi) is 8.27. The van der Waals surface area contributed by atoms with Crippen LogP contribution in [0.4, 0.5) is 4.39 Å². The highest BCUT2D eigenvalue weighted by atomic mass is 19.1. The third-order valence-electron chi connectivity index (χ3n) is 6.09. The lowest BCUT2D eigenvalue weighted by molar-refractivity contribution is -0.120. The first-order chi connectivity index (χ1) is 17.4. The van der Waals surface area contributed by atoms with E-state index in [1.807, 2.05) is 19.9 Å². The number of ketones is 1. The van der Waals surface area contributed by atoms with E-state index >= 15 is 0 Å². The van der Waals surface area contributed by atoms with E-state index in [-0.39, 0.29) is 29.8 Å². The summed E-state index contributed by atoms with van der Waals surface area (Å²) >= 11 is 0. The Balaban J connectivity index is 1.63. The van der Waals surface area contributed by atoms with Gasteiger partial charge in [0.05, 0.1) is 26.9 Å². The number of aromatic nitrogens is 4. The average molecular weight is 498 g/mol. The number of methoxy groups -OCH3 is 1. The highest BCUT2D eigenvalue weighted by molar-refractivity contribution is 5.79. The zero-order chi connectivity index (χ0) is 25.7. The summed E-state index contributed by atoms with van der Waals surface area (Å²) in [6.45, 7) is 8.02. The van der Waals surface area contributed by atoms with Crippen LogP contribution in [0.25, 0.3) is 17.2 Å². The molecule has 0 unspecified atom stereocenters. The van der Waals surface area contributed by atoms with Gasteiger partial charge in [-0.25, -0.2) is 14.2 Å². The normalized spacial score (nSPS) is 14.4. The number of benzene rings is 1. The largest absolute Gasteiger partial charge is 0.494 e. The molecule has 0 bridgehead atoms. The molecular formula is C26H32FN5O4. The molecule has 192 valence electrons. The Bertz CT molecular complexity index is 1250. The van der Waals surface area contributed by atoms with Gasteiger partial charge in [-0.15, -0.1) is 5.10 Å². The first kappa shape index (κ1) is 25.7. The lowest BCUT2D eigenvalue weighted by Crippen LogP contribution is -2.37. The molecule has 1 fully saturated rings. The standard InChI is InChI=1S/C26H32FN5O4/c1-18(2)14-21(33)17-31-25(20-5-6-22(27)23(15-20)35-3)29-32(26(31)34)24-7-4-19(16-28-24)8-9-30-10-12-36-13-11-30/h4-7,15-16,18H,8-14,17H2,1-3H3. The lowest BCUT2D eigenvalue weighted by atomic mass is 10.1. The maximum atomic E-state index is 14.0. The zero-order valence-corrected chi connectivity index (χ0v) is 20.9. The van der Waals surface area contributed by atoms with Crippen LogP contribution in [0.2, 0.25) is 0 Å². The first-order valence-corrected chi connectivity index (χ1v) is 12.2. The minimum absolute atomic E-state index is 0.0253. The van der Waals surface area contributed by atoms with E-state index in [4.69, 9.17) is 9.47 Å². The molecule has 0 N–H and O–H groups in total. The molecule has 10 heteroatoms. The molecule has 1 aromatic carbocycles. The molecule has 1 aliphatic heterocycles. The number of morpholine rings is 1. The highest BCUT2D eigenvalue weighted by Crippen LogP contribution is 2.25. The number of Topliss-reactive ketones (excluding diaryl/α,β-unsaturated/α-hetero) is 1. The third kappa shape index (κ3) is 6.06. The van der Waals surface area contributed by atoms with Gasteiger partial charge in [0.1, 0.15) is 0 Å². The summed E-state index contributed by atoms with van der Waals surface area (Å²) in [4.78, 5) is 32.8. The van der Waals surface area contributed by atoms with Gasteiger partial charge in [-0.1, -0.05) is 19.9 Å². The number of ether oxygens (including phenoxy) is 2. The van der Waals surface area contributed by atoms with Crippen LogP contribution in [0.5, 0.6) is 5.75 Å². The molecule has 3 heterocycles. The van der Waals surface area contributed by atoms with Crippen molar-refractivity contribution < 1.29 is 18.7 Å². The second kappa shape index (κ2) is 11.6. The fourth-order valence-corrected chi connectivity index (χ4v) is 4.20. The number of halogens is 1. The zero-order valence-electron chi connectivity index (χ0n) is 20.9. The minimum atomic E-state index is -0.528. The van der Waals surface area contributed by atoms with Gasteiger partial charge in [-0.3, -0.25) is 14.3 Å². The number of rotatable bonds is 10. The summed E-state index contributed by atoms with van der Waals surface area (Å²) in [5.74, 6) is 0.156. The Morgan fingerprint density at radius 1 is 1.19 bits per heavy atom. The third-order valence-corrected chi connectivity index (χ3v) is 6.09. The molecule has 0 aliphatic carbocycles. The van der Waals surface area contributed by atoms with Gasteiger partial charge in [0.25, 0.3) is 0 Å². The molecule has 1 saturated heterocycles. The molecule has 4 rings (SSSR count). The Morgan fingerprint density at radius 2 is 1.97 bits per heavy atom. The number of pyridine rings is 1. The monoisotopic (exact) mass is 497 g/mol. The number of hydrogen-bond acceptors (Lipinski definition) is 7.